The lowest BCUT2D eigenvalue weighted by molar-refractivity contribution is -0.142. The normalized spacial score (nSPS) is 14.5. The predicted molar refractivity (Wildman–Crippen MR) is 136 cm³/mol. The summed E-state index contributed by atoms with van der Waals surface area (Å²) in [7, 11) is 0. The SMILES string of the molecule is CCOC(=O)Cc1noc2ccc3c(C#CCOC4CCN(C(=O)OC(C)(C)C)CC4)cccc3c12. The van der Waals surface area contributed by atoms with Crippen molar-refractivity contribution < 1.29 is 28.3 Å². The fourth-order valence-corrected chi connectivity index (χ4v) is 4.26. The first-order valence-corrected chi connectivity index (χ1v) is 12.3. The second kappa shape index (κ2) is 11.0. The van der Waals surface area contributed by atoms with Gasteiger partial charge in [0.15, 0.2) is 5.58 Å². The Kier molecular flexibility index (Phi) is 7.80. The third-order valence-corrected chi connectivity index (χ3v) is 5.89. The van der Waals surface area contributed by atoms with E-state index in [-0.39, 0.29) is 24.6 Å². The van der Waals surface area contributed by atoms with Crippen LogP contribution in [-0.2, 0) is 25.4 Å². The van der Waals surface area contributed by atoms with Crippen LogP contribution in [0.25, 0.3) is 21.7 Å². The number of piperidine rings is 1. The van der Waals surface area contributed by atoms with Gasteiger partial charge in [0, 0.05) is 18.7 Å². The minimum Gasteiger partial charge on any atom is -0.466 e. The first-order chi connectivity index (χ1) is 17.2. The number of amides is 1. The molecule has 0 bridgehead atoms. The van der Waals surface area contributed by atoms with E-state index in [9.17, 15) is 9.59 Å². The van der Waals surface area contributed by atoms with Crippen molar-refractivity contribution in [2.45, 2.75) is 58.7 Å². The molecule has 0 N–H and O–H groups in total. The van der Waals surface area contributed by atoms with Crippen molar-refractivity contribution in [2.24, 2.45) is 0 Å². The van der Waals surface area contributed by atoms with E-state index in [4.69, 9.17) is 18.7 Å². The van der Waals surface area contributed by atoms with Crippen molar-refractivity contribution in [3.8, 4) is 11.8 Å². The van der Waals surface area contributed by atoms with E-state index in [1.807, 2.05) is 51.1 Å². The van der Waals surface area contributed by atoms with E-state index < -0.39 is 5.60 Å². The Morgan fingerprint density at radius 2 is 1.92 bits per heavy atom. The molecular weight excluding hydrogens is 460 g/mol. The number of hydrogen-bond acceptors (Lipinski definition) is 7. The van der Waals surface area contributed by atoms with Crippen molar-refractivity contribution in [1.82, 2.24) is 10.1 Å². The van der Waals surface area contributed by atoms with Crippen LogP contribution in [-0.4, -0.2) is 60.1 Å². The van der Waals surface area contributed by atoms with Gasteiger partial charge in [0.2, 0.25) is 0 Å². The zero-order valence-electron chi connectivity index (χ0n) is 21.3. The van der Waals surface area contributed by atoms with Crippen LogP contribution in [0, 0.1) is 11.8 Å². The average molecular weight is 493 g/mol. The molecule has 0 aliphatic carbocycles. The fourth-order valence-electron chi connectivity index (χ4n) is 4.26. The van der Waals surface area contributed by atoms with Gasteiger partial charge in [0.1, 0.15) is 17.9 Å². The number of aromatic nitrogens is 1. The molecule has 1 saturated heterocycles. The summed E-state index contributed by atoms with van der Waals surface area (Å²) in [5.41, 5.74) is 1.54. The maximum Gasteiger partial charge on any atom is 0.410 e. The van der Waals surface area contributed by atoms with Gasteiger partial charge in [-0.15, -0.1) is 0 Å². The van der Waals surface area contributed by atoms with Gasteiger partial charge in [0.05, 0.1) is 24.5 Å². The number of rotatable bonds is 5. The molecule has 36 heavy (non-hydrogen) atoms. The molecule has 1 amide bonds. The lowest BCUT2D eigenvalue weighted by Gasteiger charge is -2.33. The second-order valence-electron chi connectivity index (χ2n) is 9.73. The van der Waals surface area contributed by atoms with Crippen molar-refractivity contribution in [1.29, 1.82) is 0 Å². The Hall–Kier alpha value is -3.57. The van der Waals surface area contributed by atoms with Gasteiger partial charge in [-0.1, -0.05) is 29.1 Å². The summed E-state index contributed by atoms with van der Waals surface area (Å²) >= 11 is 0. The zero-order valence-corrected chi connectivity index (χ0v) is 21.3. The summed E-state index contributed by atoms with van der Waals surface area (Å²) in [5.74, 6) is 6.00. The van der Waals surface area contributed by atoms with Crippen LogP contribution in [0.3, 0.4) is 0 Å². The number of nitrogens with zero attached hydrogens (tertiary/aromatic N) is 2. The van der Waals surface area contributed by atoms with Crippen LogP contribution in [0.15, 0.2) is 34.9 Å². The van der Waals surface area contributed by atoms with E-state index >= 15 is 0 Å². The molecule has 0 spiro atoms. The molecule has 0 atom stereocenters. The molecule has 3 aromatic rings. The zero-order chi connectivity index (χ0) is 25.7. The van der Waals surface area contributed by atoms with Gasteiger partial charge >= 0.3 is 12.1 Å². The summed E-state index contributed by atoms with van der Waals surface area (Å²) in [4.78, 5) is 26.0. The Morgan fingerprint density at radius 1 is 1.14 bits per heavy atom. The number of carbonyl (C=O) groups is 2. The number of carbonyl (C=O) groups excluding carboxylic acids is 2. The van der Waals surface area contributed by atoms with E-state index in [0.29, 0.717) is 37.6 Å². The van der Waals surface area contributed by atoms with Crippen LogP contribution in [0.2, 0.25) is 0 Å². The minimum absolute atomic E-state index is 0.0520. The molecule has 2 aromatic carbocycles. The molecule has 0 radical (unpaired) electrons. The summed E-state index contributed by atoms with van der Waals surface area (Å²) in [6.07, 6.45) is 1.35. The third kappa shape index (κ3) is 6.16. The van der Waals surface area contributed by atoms with E-state index in [0.717, 1.165) is 34.6 Å². The van der Waals surface area contributed by atoms with Gasteiger partial charge in [-0.3, -0.25) is 4.79 Å². The van der Waals surface area contributed by atoms with E-state index in [1.54, 1.807) is 11.8 Å². The predicted octanol–water partition coefficient (Wildman–Crippen LogP) is 4.85. The van der Waals surface area contributed by atoms with Crippen LogP contribution >= 0.6 is 0 Å². The molecule has 1 aromatic heterocycles. The summed E-state index contributed by atoms with van der Waals surface area (Å²) in [6.45, 7) is 9.22. The highest BCUT2D eigenvalue weighted by molar-refractivity contribution is 6.09. The first kappa shape index (κ1) is 25.5. The monoisotopic (exact) mass is 492 g/mol. The van der Waals surface area contributed by atoms with Crippen molar-refractivity contribution in [2.75, 3.05) is 26.3 Å². The lowest BCUT2D eigenvalue weighted by atomic mass is 10.00. The molecule has 0 unspecified atom stereocenters. The molecular formula is C28H32N2O6. The maximum atomic E-state index is 12.2. The second-order valence-corrected chi connectivity index (χ2v) is 9.73. The summed E-state index contributed by atoms with van der Waals surface area (Å²) in [5, 5.41) is 6.78. The summed E-state index contributed by atoms with van der Waals surface area (Å²) in [6, 6.07) is 9.66. The lowest BCUT2D eigenvalue weighted by Crippen LogP contribution is -2.43. The number of esters is 1. The highest BCUT2D eigenvalue weighted by Crippen LogP contribution is 2.30. The van der Waals surface area contributed by atoms with Gasteiger partial charge in [-0.2, -0.15) is 0 Å². The van der Waals surface area contributed by atoms with Crippen LogP contribution in [0.5, 0.6) is 0 Å². The Balaban J connectivity index is 1.40. The minimum atomic E-state index is -0.496. The van der Waals surface area contributed by atoms with Crippen molar-refractivity contribution in [3.05, 3.63) is 41.6 Å². The van der Waals surface area contributed by atoms with Crippen LogP contribution in [0.1, 0.15) is 51.8 Å². The number of hydrogen-bond donors (Lipinski definition) is 0. The highest BCUT2D eigenvalue weighted by Gasteiger charge is 2.27. The van der Waals surface area contributed by atoms with Gasteiger partial charge < -0.3 is 23.6 Å². The van der Waals surface area contributed by atoms with E-state index in [2.05, 4.69) is 17.0 Å². The molecule has 0 saturated carbocycles. The number of benzene rings is 2. The number of likely N-dealkylation sites (tertiary alicyclic amines) is 1. The van der Waals surface area contributed by atoms with Crippen LogP contribution in [0.4, 0.5) is 4.79 Å². The number of ether oxygens (including phenoxy) is 3. The van der Waals surface area contributed by atoms with Crippen molar-refractivity contribution >= 4 is 33.8 Å². The highest BCUT2D eigenvalue weighted by atomic mass is 16.6. The smallest absolute Gasteiger partial charge is 0.410 e. The van der Waals surface area contributed by atoms with Crippen LogP contribution < -0.4 is 0 Å². The topological polar surface area (TPSA) is 91.1 Å². The quantitative estimate of drug-likeness (QED) is 0.371. The molecule has 2 heterocycles. The average Bonchev–Trinajstić information content (AvgIpc) is 3.24. The largest absolute Gasteiger partial charge is 0.466 e. The molecule has 8 heteroatoms. The molecule has 8 nitrogen and oxygen atoms in total. The maximum absolute atomic E-state index is 12.2. The summed E-state index contributed by atoms with van der Waals surface area (Å²) < 4.78 is 21.9. The molecule has 1 fully saturated rings. The van der Waals surface area contributed by atoms with Gasteiger partial charge in [0.25, 0.3) is 0 Å². The third-order valence-electron chi connectivity index (χ3n) is 5.89. The molecule has 190 valence electrons. The Bertz CT molecular complexity index is 1300. The van der Waals surface area contributed by atoms with Gasteiger partial charge in [-0.05, 0) is 69.5 Å². The molecule has 4 rings (SSSR count). The Morgan fingerprint density at radius 3 is 2.64 bits per heavy atom. The van der Waals surface area contributed by atoms with E-state index in [1.165, 1.54) is 0 Å². The number of fused-ring (bicyclic) bond motifs is 3. The molecule has 1 aliphatic rings. The fraction of sp³-hybridized carbons (Fsp3) is 0.464. The standard InChI is InChI=1S/C28H32N2O6/c1-5-33-25(31)18-23-26-22-10-6-8-19(21(22)11-12-24(26)36-29-23)9-7-17-34-20-13-15-30(16-14-20)27(32)35-28(2,3)4/h6,8,10-12,20H,5,13-18H2,1-4H3. The van der Waals surface area contributed by atoms with Gasteiger partial charge in [-0.25, -0.2) is 4.79 Å². The Labute approximate surface area is 210 Å². The molecule has 1 aliphatic heterocycles. The van der Waals surface area contributed by atoms with Crippen molar-refractivity contribution in [3.63, 3.8) is 0 Å². The first-order valence-electron chi connectivity index (χ1n) is 12.3.